The summed E-state index contributed by atoms with van der Waals surface area (Å²) in [6.07, 6.45) is 6.44. The standard InChI is InChI=1S/C16H18Br2/c17-12-6-2-1-3-7-13-10-11-16(18)15-9-5-4-8-14(13)15/h4-5,8-11H,1-3,6-7,12H2. The summed E-state index contributed by atoms with van der Waals surface area (Å²) in [6, 6.07) is 13.1. The molecule has 0 unspecified atom stereocenters. The van der Waals surface area contributed by atoms with Gasteiger partial charge in [-0.05, 0) is 41.7 Å². The van der Waals surface area contributed by atoms with E-state index in [1.165, 1.54) is 52.9 Å². The lowest BCUT2D eigenvalue weighted by Crippen LogP contribution is -1.89. The average molecular weight is 370 g/mol. The first-order chi connectivity index (χ1) is 8.83. The highest BCUT2D eigenvalue weighted by Gasteiger charge is 2.03. The SMILES string of the molecule is BrCCCCCCc1ccc(Br)c2ccccc12. The van der Waals surface area contributed by atoms with Crippen LogP contribution in [0.2, 0.25) is 0 Å². The van der Waals surface area contributed by atoms with Crippen LogP contribution in [0.1, 0.15) is 31.2 Å². The Balaban J connectivity index is 2.07. The van der Waals surface area contributed by atoms with E-state index in [1.807, 2.05) is 0 Å². The van der Waals surface area contributed by atoms with Crippen molar-refractivity contribution in [3.8, 4) is 0 Å². The quantitative estimate of drug-likeness (QED) is 0.426. The Bertz CT molecular complexity index is 505. The second-order valence-electron chi connectivity index (χ2n) is 4.61. The van der Waals surface area contributed by atoms with Gasteiger partial charge in [0.15, 0.2) is 0 Å². The molecule has 0 saturated heterocycles. The van der Waals surface area contributed by atoms with Gasteiger partial charge in [0.25, 0.3) is 0 Å². The van der Waals surface area contributed by atoms with Crippen LogP contribution in [-0.4, -0.2) is 5.33 Å². The Hall–Kier alpha value is -0.340. The zero-order valence-electron chi connectivity index (χ0n) is 10.5. The molecule has 0 aliphatic heterocycles. The number of benzene rings is 2. The smallest absolute Gasteiger partial charge is 0.0253 e. The van der Waals surface area contributed by atoms with Crippen molar-refractivity contribution in [1.82, 2.24) is 0 Å². The summed E-state index contributed by atoms with van der Waals surface area (Å²) in [5.74, 6) is 0. The molecule has 0 N–H and O–H groups in total. The van der Waals surface area contributed by atoms with Crippen LogP contribution in [0, 0.1) is 0 Å². The van der Waals surface area contributed by atoms with Crippen LogP contribution in [0.5, 0.6) is 0 Å². The number of fused-ring (bicyclic) bond motifs is 1. The van der Waals surface area contributed by atoms with E-state index >= 15 is 0 Å². The molecule has 0 aliphatic carbocycles. The molecule has 0 fully saturated rings. The fraction of sp³-hybridized carbons (Fsp3) is 0.375. The predicted molar refractivity (Wildman–Crippen MR) is 87.6 cm³/mol. The predicted octanol–water partition coefficient (Wildman–Crippen LogP) is 6.10. The van der Waals surface area contributed by atoms with Crippen molar-refractivity contribution in [2.75, 3.05) is 5.33 Å². The summed E-state index contributed by atoms with van der Waals surface area (Å²) in [5, 5.41) is 3.86. The molecule has 0 bridgehead atoms. The van der Waals surface area contributed by atoms with Crippen molar-refractivity contribution in [3.05, 3.63) is 46.4 Å². The third-order valence-electron chi connectivity index (χ3n) is 3.29. The number of hydrogen-bond donors (Lipinski definition) is 0. The Labute approximate surface area is 126 Å². The van der Waals surface area contributed by atoms with Gasteiger partial charge in [0.1, 0.15) is 0 Å². The molecule has 2 aromatic rings. The fourth-order valence-electron chi connectivity index (χ4n) is 2.31. The maximum absolute atomic E-state index is 3.63. The Kier molecular flexibility index (Phi) is 5.71. The third kappa shape index (κ3) is 3.58. The summed E-state index contributed by atoms with van der Waals surface area (Å²) in [5.41, 5.74) is 1.48. The minimum atomic E-state index is 1.13. The van der Waals surface area contributed by atoms with Crippen molar-refractivity contribution in [2.45, 2.75) is 32.1 Å². The molecule has 0 atom stereocenters. The van der Waals surface area contributed by atoms with Gasteiger partial charge >= 0.3 is 0 Å². The van der Waals surface area contributed by atoms with Crippen molar-refractivity contribution in [2.24, 2.45) is 0 Å². The van der Waals surface area contributed by atoms with Crippen molar-refractivity contribution < 1.29 is 0 Å². The van der Waals surface area contributed by atoms with Crippen molar-refractivity contribution in [1.29, 1.82) is 0 Å². The van der Waals surface area contributed by atoms with Crippen LogP contribution in [-0.2, 0) is 6.42 Å². The van der Waals surface area contributed by atoms with Crippen LogP contribution in [0.25, 0.3) is 10.8 Å². The number of rotatable bonds is 6. The number of alkyl halides is 1. The minimum absolute atomic E-state index is 1.13. The molecule has 0 saturated carbocycles. The number of aryl methyl sites for hydroxylation is 1. The van der Waals surface area contributed by atoms with Gasteiger partial charge in [-0.15, -0.1) is 0 Å². The van der Waals surface area contributed by atoms with Crippen molar-refractivity contribution >= 4 is 42.6 Å². The summed E-state index contributed by atoms with van der Waals surface area (Å²) in [6.45, 7) is 0. The first-order valence-electron chi connectivity index (χ1n) is 6.55. The molecule has 2 heteroatoms. The van der Waals surface area contributed by atoms with E-state index in [-0.39, 0.29) is 0 Å². The van der Waals surface area contributed by atoms with Gasteiger partial charge < -0.3 is 0 Å². The second-order valence-corrected chi connectivity index (χ2v) is 6.25. The molecule has 0 amide bonds. The van der Waals surface area contributed by atoms with Crippen LogP contribution in [0.15, 0.2) is 40.9 Å². The van der Waals surface area contributed by atoms with E-state index in [1.54, 1.807) is 0 Å². The summed E-state index contributed by atoms with van der Waals surface area (Å²) in [7, 11) is 0. The van der Waals surface area contributed by atoms with Gasteiger partial charge in [-0.2, -0.15) is 0 Å². The van der Waals surface area contributed by atoms with E-state index < -0.39 is 0 Å². The van der Waals surface area contributed by atoms with Gasteiger partial charge in [0, 0.05) is 9.80 Å². The molecule has 2 aromatic carbocycles. The topological polar surface area (TPSA) is 0 Å². The summed E-state index contributed by atoms with van der Waals surface area (Å²) < 4.78 is 1.20. The maximum Gasteiger partial charge on any atom is 0.0253 e. The number of hydrogen-bond acceptors (Lipinski definition) is 0. The van der Waals surface area contributed by atoms with Crippen LogP contribution >= 0.6 is 31.9 Å². The highest BCUT2D eigenvalue weighted by molar-refractivity contribution is 9.10. The normalized spacial score (nSPS) is 11.0. The first-order valence-corrected chi connectivity index (χ1v) is 8.46. The Morgan fingerprint density at radius 1 is 0.778 bits per heavy atom. The molecule has 18 heavy (non-hydrogen) atoms. The molecule has 0 aliphatic rings. The van der Waals surface area contributed by atoms with Gasteiger partial charge in [-0.25, -0.2) is 0 Å². The zero-order chi connectivity index (χ0) is 12.8. The molecule has 0 heterocycles. The Morgan fingerprint density at radius 2 is 1.50 bits per heavy atom. The largest absolute Gasteiger partial charge is 0.0928 e. The maximum atomic E-state index is 3.63. The monoisotopic (exact) mass is 368 g/mol. The van der Waals surface area contributed by atoms with E-state index in [2.05, 4.69) is 68.3 Å². The van der Waals surface area contributed by atoms with E-state index in [0.29, 0.717) is 0 Å². The second kappa shape index (κ2) is 7.30. The van der Waals surface area contributed by atoms with E-state index in [0.717, 1.165) is 5.33 Å². The van der Waals surface area contributed by atoms with Gasteiger partial charge in [0.2, 0.25) is 0 Å². The molecule has 0 nitrogen and oxygen atoms in total. The lowest BCUT2D eigenvalue weighted by atomic mass is 9.99. The van der Waals surface area contributed by atoms with E-state index in [9.17, 15) is 0 Å². The number of halogens is 2. The molecule has 0 radical (unpaired) electrons. The third-order valence-corrected chi connectivity index (χ3v) is 4.54. The van der Waals surface area contributed by atoms with Gasteiger partial charge in [-0.3, -0.25) is 0 Å². The molecular weight excluding hydrogens is 352 g/mol. The number of unbranched alkanes of at least 4 members (excludes halogenated alkanes) is 3. The molecule has 0 spiro atoms. The van der Waals surface area contributed by atoms with Crippen molar-refractivity contribution in [3.63, 3.8) is 0 Å². The van der Waals surface area contributed by atoms with Gasteiger partial charge in [-0.1, -0.05) is 75.0 Å². The highest BCUT2D eigenvalue weighted by Crippen LogP contribution is 2.27. The molecular formula is C16H18Br2. The minimum Gasteiger partial charge on any atom is -0.0928 e. The lowest BCUT2D eigenvalue weighted by Gasteiger charge is -2.08. The van der Waals surface area contributed by atoms with Crippen LogP contribution < -0.4 is 0 Å². The average Bonchev–Trinajstić information content (AvgIpc) is 2.41. The summed E-state index contributed by atoms with van der Waals surface area (Å²) in [4.78, 5) is 0. The zero-order valence-corrected chi connectivity index (χ0v) is 13.6. The Morgan fingerprint density at radius 3 is 2.28 bits per heavy atom. The van der Waals surface area contributed by atoms with Gasteiger partial charge in [0.05, 0.1) is 0 Å². The van der Waals surface area contributed by atoms with Crippen LogP contribution in [0.4, 0.5) is 0 Å². The molecule has 2 rings (SSSR count). The summed E-state index contributed by atoms with van der Waals surface area (Å²) >= 11 is 7.11. The fourth-order valence-corrected chi connectivity index (χ4v) is 3.18. The first kappa shape index (κ1) is 14.1. The van der Waals surface area contributed by atoms with E-state index in [4.69, 9.17) is 0 Å². The van der Waals surface area contributed by atoms with Crippen LogP contribution in [0.3, 0.4) is 0 Å². The lowest BCUT2D eigenvalue weighted by molar-refractivity contribution is 0.673. The molecule has 0 aromatic heterocycles. The molecule has 96 valence electrons. The highest BCUT2D eigenvalue weighted by atomic mass is 79.9.